The van der Waals surface area contributed by atoms with Crippen LogP contribution < -0.4 is 10.1 Å². The first-order chi connectivity index (χ1) is 11.6. The third kappa shape index (κ3) is 4.15. The van der Waals surface area contributed by atoms with Gasteiger partial charge >= 0.3 is 0 Å². The number of hydrogen-bond acceptors (Lipinski definition) is 4. The summed E-state index contributed by atoms with van der Waals surface area (Å²) in [6, 6.07) is 7.17. The van der Waals surface area contributed by atoms with E-state index < -0.39 is 0 Å². The molecule has 130 valence electrons. The summed E-state index contributed by atoms with van der Waals surface area (Å²) >= 11 is 0. The number of fused-ring (bicyclic) bond motifs is 2. The number of ether oxygens (including phenoxy) is 1. The van der Waals surface area contributed by atoms with Gasteiger partial charge in [0.15, 0.2) is 5.78 Å². The van der Waals surface area contributed by atoms with Crippen LogP contribution in [0.15, 0.2) is 24.3 Å². The molecule has 1 aromatic carbocycles. The van der Waals surface area contributed by atoms with E-state index in [0.29, 0.717) is 30.8 Å². The number of piperidine rings is 1. The Hall–Kier alpha value is -1.88. The molecule has 2 fully saturated rings. The SMILES string of the molecule is CC(=O)c1cccc(OCCCC(=O)NC23CCCN(CC2)C3)c1. The molecule has 1 N–H and O–H groups in total. The third-order valence-electron chi connectivity index (χ3n) is 5.02. The fourth-order valence-corrected chi connectivity index (χ4v) is 3.74. The zero-order valence-electron chi connectivity index (χ0n) is 14.3. The number of nitrogens with one attached hydrogen (secondary N) is 1. The van der Waals surface area contributed by atoms with Gasteiger partial charge < -0.3 is 15.0 Å². The highest BCUT2D eigenvalue weighted by Crippen LogP contribution is 2.31. The maximum Gasteiger partial charge on any atom is 0.220 e. The molecule has 2 aliphatic rings. The van der Waals surface area contributed by atoms with Gasteiger partial charge in [-0.1, -0.05) is 12.1 Å². The molecule has 1 amide bonds. The van der Waals surface area contributed by atoms with E-state index in [2.05, 4.69) is 10.2 Å². The summed E-state index contributed by atoms with van der Waals surface area (Å²) < 4.78 is 5.66. The summed E-state index contributed by atoms with van der Waals surface area (Å²) in [5.41, 5.74) is 0.666. The Morgan fingerprint density at radius 1 is 1.29 bits per heavy atom. The topological polar surface area (TPSA) is 58.6 Å². The molecule has 0 spiro atoms. The van der Waals surface area contributed by atoms with Gasteiger partial charge in [-0.2, -0.15) is 0 Å². The second kappa shape index (κ2) is 7.34. The molecule has 24 heavy (non-hydrogen) atoms. The number of benzene rings is 1. The lowest BCUT2D eigenvalue weighted by Crippen LogP contribution is -2.52. The summed E-state index contributed by atoms with van der Waals surface area (Å²) in [7, 11) is 0. The van der Waals surface area contributed by atoms with Crippen molar-refractivity contribution in [1.82, 2.24) is 10.2 Å². The average Bonchev–Trinajstić information content (AvgIpc) is 2.85. The fourth-order valence-electron chi connectivity index (χ4n) is 3.74. The molecule has 2 saturated heterocycles. The van der Waals surface area contributed by atoms with Gasteiger partial charge in [0, 0.05) is 25.1 Å². The smallest absolute Gasteiger partial charge is 0.220 e. The van der Waals surface area contributed by atoms with E-state index in [9.17, 15) is 9.59 Å². The van der Waals surface area contributed by atoms with Crippen LogP contribution in [0.4, 0.5) is 0 Å². The van der Waals surface area contributed by atoms with Crippen molar-refractivity contribution < 1.29 is 14.3 Å². The first-order valence-electron chi connectivity index (χ1n) is 8.84. The zero-order chi connectivity index (χ0) is 17.0. The van der Waals surface area contributed by atoms with Crippen LogP contribution in [-0.2, 0) is 4.79 Å². The van der Waals surface area contributed by atoms with Crippen molar-refractivity contribution in [1.29, 1.82) is 0 Å². The van der Waals surface area contributed by atoms with Gasteiger partial charge in [-0.05, 0) is 51.3 Å². The Labute approximate surface area is 143 Å². The van der Waals surface area contributed by atoms with Gasteiger partial charge in [0.05, 0.1) is 12.1 Å². The van der Waals surface area contributed by atoms with Crippen molar-refractivity contribution in [3.8, 4) is 5.75 Å². The van der Waals surface area contributed by atoms with Gasteiger partial charge in [-0.3, -0.25) is 9.59 Å². The Bertz CT molecular complexity index is 612. The molecule has 1 aromatic rings. The number of amides is 1. The molecule has 2 unspecified atom stereocenters. The van der Waals surface area contributed by atoms with Crippen LogP contribution in [0.25, 0.3) is 0 Å². The highest BCUT2D eigenvalue weighted by atomic mass is 16.5. The van der Waals surface area contributed by atoms with Crippen molar-refractivity contribution in [3.63, 3.8) is 0 Å². The molecule has 2 heterocycles. The van der Waals surface area contributed by atoms with Crippen molar-refractivity contribution in [2.75, 3.05) is 26.2 Å². The summed E-state index contributed by atoms with van der Waals surface area (Å²) in [6.07, 6.45) is 4.51. The Morgan fingerprint density at radius 3 is 3.00 bits per heavy atom. The molecule has 5 nitrogen and oxygen atoms in total. The Kier molecular flexibility index (Phi) is 5.19. The molecule has 0 aromatic heterocycles. The number of carbonyl (C=O) groups is 2. The number of carbonyl (C=O) groups excluding carboxylic acids is 2. The standard InChI is InChI=1S/C19H26N2O3/c1-15(22)16-5-2-6-17(13-16)24-12-3-7-18(23)20-19-8-4-10-21(14-19)11-9-19/h2,5-6,13H,3-4,7-12,14H2,1H3,(H,20,23). The largest absolute Gasteiger partial charge is 0.494 e. The van der Waals surface area contributed by atoms with Gasteiger partial charge in [-0.15, -0.1) is 0 Å². The molecule has 0 saturated carbocycles. The Morgan fingerprint density at radius 2 is 2.17 bits per heavy atom. The van der Waals surface area contributed by atoms with Crippen LogP contribution in [0.1, 0.15) is 49.4 Å². The predicted octanol–water partition coefficient (Wildman–Crippen LogP) is 2.40. The minimum atomic E-state index is 0.0199. The molecule has 3 rings (SSSR count). The van der Waals surface area contributed by atoms with Crippen molar-refractivity contribution >= 4 is 11.7 Å². The van der Waals surface area contributed by atoms with Gasteiger partial charge in [0.2, 0.25) is 5.91 Å². The normalized spacial score (nSPS) is 25.3. The molecule has 2 aliphatic heterocycles. The summed E-state index contributed by atoms with van der Waals surface area (Å²) in [5.74, 6) is 0.831. The molecule has 2 bridgehead atoms. The average molecular weight is 330 g/mol. The van der Waals surface area contributed by atoms with Gasteiger partial charge in [0.1, 0.15) is 5.75 Å². The first-order valence-corrected chi connectivity index (χ1v) is 8.84. The van der Waals surface area contributed by atoms with Gasteiger partial charge in [-0.25, -0.2) is 0 Å². The van der Waals surface area contributed by atoms with E-state index in [-0.39, 0.29) is 17.2 Å². The second-order valence-corrected chi connectivity index (χ2v) is 6.99. The number of nitrogens with zero attached hydrogens (tertiary/aromatic N) is 1. The van der Waals surface area contributed by atoms with E-state index in [4.69, 9.17) is 4.74 Å². The van der Waals surface area contributed by atoms with Crippen LogP contribution in [-0.4, -0.2) is 48.4 Å². The van der Waals surface area contributed by atoms with E-state index in [1.807, 2.05) is 12.1 Å². The molecular weight excluding hydrogens is 304 g/mol. The van der Waals surface area contributed by atoms with Crippen molar-refractivity contribution in [3.05, 3.63) is 29.8 Å². The summed E-state index contributed by atoms with van der Waals surface area (Å²) in [6.45, 7) is 5.31. The van der Waals surface area contributed by atoms with E-state index in [0.717, 1.165) is 25.9 Å². The highest BCUT2D eigenvalue weighted by molar-refractivity contribution is 5.94. The van der Waals surface area contributed by atoms with Crippen LogP contribution in [0.5, 0.6) is 5.75 Å². The maximum absolute atomic E-state index is 12.2. The monoisotopic (exact) mass is 330 g/mol. The van der Waals surface area contributed by atoms with E-state index in [1.54, 1.807) is 12.1 Å². The van der Waals surface area contributed by atoms with E-state index >= 15 is 0 Å². The third-order valence-corrected chi connectivity index (χ3v) is 5.02. The fraction of sp³-hybridized carbons (Fsp3) is 0.579. The lowest BCUT2D eigenvalue weighted by Gasteiger charge is -2.34. The minimum absolute atomic E-state index is 0.0199. The van der Waals surface area contributed by atoms with E-state index in [1.165, 1.54) is 19.9 Å². The molecule has 0 radical (unpaired) electrons. The van der Waals surface area contributed by atoms with Crippen LogP contribution in [0.2, 0.25) is 0 Å². The molecule has 0 aliphatic carbocycles. The number of rotatable bonds is 7. The zero-order valence-corrected chi connectivity index (χ0v) is 14.3. The molecular formula is C19H26N2O3. The molecule has 5 heteroatoms. The summed E-state index contributed by atoms with van der Waals surface area (Å²) in [4.78, 5) is 26.0. The minimum Gasteiger partial charge on any atom is -0.494 e. The number of hydrogen-bond donors (Lipinski definition) is 1. The number of ketones is 1. The lowest BCUT2D eigenvalue weighted by atomic mass is 9.90. The first kappa shape index (κ1) is 17.0. The number of Topliss-reactive ketones (excluding diaryl/α,β-unsaturated/α-hetero) is 1. The van der Waals surface area contributed by atoms with Gasteiger partial charge in [0.25, 0.3) is 0 Å². The van der Waals surface area contributed by atoms with Crippen LogP contribution in [0, 0.1) is 0 Å². The van der Waals surface area contributed by atoms with Crippen LogP contribution in [0.3, 0.4) is 0 Å². The maximum atomic E-state index is 12.2. The Balaban J connectivity index is 1.39. The molecule has 2 atom stereocenters. The summed E-state index contributed by atoms with van der Waals surface area (Å²) in [5, 5.41) is 3.27. The quantitative estimate of drug-likeness (QED) is 0.616. The van der Waals surface area contributed by atoms with Crippen molar-refractivity contribution in [2.45, 2.75) is 44.6 Å². The van der Waals surface area contributed by atoms with Crippen LogP contribution >= 0.6 is 0 Å². The highest BCUT2D eigenvalue weighted by Gasteiger charge is 2.41. The predicted molar refractivity (Wildman–Crippen MR) is 92.3 cm³/mol. The lowest BCUT2D eigenvalue weighted by molar-refractivity contribution is -0.123. The van der Waals surface area contributed by atoms with Crippen molar-refractivity contribution in [2.24, 2.45) is 0 Å². The second-order valence-electron chi connectivity index (χ2n) is 6.99.